The lowest BCUT2D eigenvalue weighted by Crippen LogP contribution is -2.06. The van der Waals surface area contributed by atoms with Crippen LogP contribution in [0.25, 0.3) is 0 Å². The molecule has 0 unspecified atom stereocenters. The molecule has 94 valence electrons. The molecule has 1 nitrogen and oxygen atoms in total. The van der Waals surface area contributed by atoms with E-state index in [1.807, 2.05) is 0 Å². The normalized spacial score (nSPS) is 10.7. The SMILES string of the molecule is Cc1cc(C(=O)c2cc(Br)sc2C)c(F)cc1F. The van der Waals surface area contributed by atoms with Crippen LogP contribution >= 0.6 is 27.3 Å². The monoisotopic (exact) mass is 330 g/mol. The van der Waals surface area contributed by atoms with Crippen LogP contribution in [-0.2, 0) is 0 Å². The van der Waals surface area contributed by atoms with E-state index in [4.69, 9.17) is 0 Å². The van der Waals surface area contributed by atoms with Crippen LogP contribution < -0.4 is 0 Å². The lowest BCUT2D eigenvalue weighted by molar-refractivity contribution is 0.103. The maximum absolute atomic E-state index is 13.6. The molecule has 1 aromatic heterocycles. The number of rotatable bonds is 2. The second-order valence-electron chi connectivity index (χ2n) is 3.93. The molecule has 0 fully saturated rings. The summed E-state index contributed by atoms with van der Waals surface area (Å²) in [5.41, 5.74) is 0.603. The van der Waals surface area contributed by atoms with Gasteiger partial charge in [0.1, 0.15) is 11.6 Å². The summed E-state index contributed by atoms with van der Waals surface area (Å²) < 4.78 is 27.6. The van der Waals surface area contributed by atoms with Gasteiger partial charge in [-0.05, 0) is 47.5 Å². The zero-order valence-electron chi connectivity index (χ0n) is 9.68. The molecule has 0 N–H and O–H groups in total. The molecule has 0 bridgehead atoms. The van der Waals surface area contributed by atoms with Gasteiger partial charge in [0, 0.05) is 16.5 Å². The number of hydrogen-bond donors (Lipinski definition) is 0. The molecule has 1 heterocycles. The van der Waals surface area contributed by atoms with Crippen molar-refractivity contribution in [3.63, 3.8) is 0 Å². The highest BCUT2D eigenvalue weighted by Crippen LogP contribution is 2.29. The van der Waals surface area contributed by atoms with E-state index in [9.17, 15) is 13.6 Å². The Hall–Kier alpha value is -1.07. The third-order valence-corrected chi connectivity index (χ3v) is 4.18. The number of halogens is 3. The molecular formula is C13H9BrF2OS. The van der Waals surface area contributed by atoms with Crippen molar-refractivity contribution in [3.05, 3.63) is 55.2 Å². The number of benzene rings is 1. The Morgan fingerprint density at radius 2 is 1.78 bits per heavy atom. The van der Waals surface area contributed by atoms with Gasteiger partial charge in [0.15, 0.2) is 5.78 Å². The van der Waals surface area contributed by atoms with Crippen molar-refractivity contribution in [2.45, 2.75) is 13.8 Å². The van der Waals surface area contributed by atoms with Crippen LogP contribution in [0.3, 0.4) is 0 Å². The van der Waals surface area contributed by atoms with E-state index in [0.29, 0.717) is 5.56 Å². The van der Waals surface area contributed by atoms with Gasteiger partial charge in [0.25, 0.3) is 0 Å². The van der Waals surface area contributed by atoms with E-state index < -0.39 is 17.4 Å². The van der Waals surface area contributed by atoms with Gasteiger partial charge in [-0.1, -0.05) is 0 Å². The fourth-order valence-electron chi connectivity index (χ4n) is 1.65. The molecule has 0 aliphatic heterocycles. The van der Waals surface area contributed by atoms with Gasteiger partial charge in [-0.2, -0.15) is 0 Å². The van der Waals surface area contributed by atoms with Gasteiger partial charge in [-0.25, -0.2) is 8.78 Å². The molecule has 2 aromatic rings. The van der Waals surface area contributed by atoms with Crippen molar-refractivity contribution in [2.24, 2.45) is 0 Å². The minimum atomic E-state index is -0.829. The van der Waals surface area contributed by atoms with Gasteiger partial charge in [-0.3, -0.25) is 4.79 Å². The summed E-state index contributed by atoms with van der Waals surface area (Å²) in [7, 11) is 0. The van der Waals surface area contributed by atoms with Crippen molar-refractivity contribution < 1.29 is 13.6 Å². The highest BCUT2D eigenvalue weighted by molar-refractivity contribution is 9.11. The molecule has 0 aliphatic rings. The van der Waals surface area contributed by atoms with Crippen molar-refractivity contribution >= 4 is 33.0 Å². The van der Waals surface area contributed by atoms with Gasteiger partial charge in [-0.15, -0.1) is 11.3 Å². The highest BCUT2D eigenvalue weighted by Gasteiger charge is 2.19. The summed E-state index contributed by atoms with van der Waals surface area (Å²) in [6.07, 6.45) is 0. The van der Waals surface area contributed by atoms with E-state index in [-0.39, 0.29) is 11.1 Å². The Bertz CT molecular complexity index is 634. The molecule has 0 radical (unpaired) electrons. The number of carbonyl (C=O) groups excluding carboxylic acids is 1. The number of aryl methyl sites for hydroxylation is 2. The summed E-state index contributed by atoms with van der Waals surface area (Å²) >= 11 is 4.69. The van der Waals surface area contributed by atoms with Crippen molar-refractivity contribution in [1.82, 2.24) is 0 Å². The van der Waals surface area contributed by atoms with Crippen LogP contribution in [-0.4, -0.2) is 5.78 Å². The van der Waals surface area contributed by atoms with E-state index in [1.165, 1.54) is 24.3 Å². The number of carbonyl (C=O) groups is 1. The first-order valence-corrected chi connectivity index (χ1v) is 6.77. The third kappa shape index (κ3) is 2.37. The Balaban J connectivity index is 2.53. The fourth-order valence-corrected chi connectivity index (χ4v) is 3.34. The first-order chi connectivity index (χ1) is 8.40. The summed E-state index contributed by atoms with van der Waals surface area (Å²) in [5, 5.41) is 0. The minimum Gasteiger partial charge on any atom is -0.288 e. The highest BCUT2D eigenvalue weighted by atomic mass is 79.9. The first kappa shape index (κ1) is 13.4. The Morgan fingerprint density at radius 3 is 2.33 bits per heavy atom. The van der Waals surface area contributed by atoms with E-state index in [0.717, 1.165) is 14.7 Å². The number of thiophene rings is 1. The molecule has 2 rings (SSSR count). The molecular weight excluding hydrogens is 322 g/mol. The first-order valence-electron chi connectivity index (χ1n) is 5.16. The van der Waals surface area contributed by atoms with Crippen LogP contribution in [0.4, 0.5) is 8.78 Å². The average molecular weight is 331 g/mol. The van der Waals surface area contributed by atoms with Gasteiger partial charge >= 0.3 is 0 Å². The summed E-state index contributed by atoms with van der Waals surface area (Å²) in [5.74, 6) is -1.90. The zero-order valence-corrected chi connectivity index (χ0v) is 12.1. The average Bonchev–Trinajstić information content (AvgIpc) is 2.62. The second-order valence-corrected chi connectivity index (χ2v) is 6.57. The molecule has 5 heteroatoms. The molecule has 0 saturated heterocycles. The standard InChI is InChI=1S/C13H9BrF2OS/c1-6-3-9(11(16)5-10(6)15)13(17)8-4-12(14)18-7(8)2/h3-5H,1-2H3. The maximum Gasteiger partial charge on any atom is 0.197 e. The summed E-state index contributed by atoms with van der Waals surface area (Å²) in [6, 6.07) is 3.65. The Kier molecular flexibility index (Phi) is 3.64. The molecule has 1 aromatic carbocycles. The van der Waals surface area contributed by atoms with Crippen molar-refractivity contribution in [2.75, 3.05) is 0 Å². The molecule has 0 atom stereocenters. The molecule has 0 amide bonds. The van der Waals surface area contributed by atoms with Crippen LogP contribution in [0.5, 0.6) is 0 Å². The van der Waals surface area contributed by atoms with Crippen LogP contribution in [0, 0.1) is 25.5 Å². The number of ketones is 1. The smallest absolute Gasteiger partial charge is 0.197 e. The predicted octanol–water partition coefficient (Wildman–Crippen LogP) is 4.64. The van der Waals surface area contributed by atoms with Gasteiger partial charge in [0.05, 0.1) is 9.35 Å². The van der Waals surface area contributed by atoms with Crippen molar-refractivity contribution in [1.29, 1.82) is 0 Å². The minimum absolute atomic E-state index is 0.0951. The summed E-state index contributed by atoms with van der Waals surface area (Å²) in [4.78, 5) is 13.0. The van der Waals surface area contributed by atoms with Crippen LogP contribution in [0.1, 0.15) is 26.4 Å². The predicted molar refractivity (Wildman–Crippen MR) is 71.3 cm³/mol. The quantitative estimate of drug-likeness (QED) is 0.733. The Morgan fingerprint density at radius 1 is 1.11 bits per heavy atom. The van der Waals surface area contributed by atoms with E-state index in [2.05, 4.69) is 15.9 Å². The topological polar surface area (TPSA) is 17.1 Å². The van der Waals surface area contributed by atoms with Crippen LogP contribution in [0.2, 0.25) is 0 Å². The molecule has 0 spiro atoms. The number of hydrogen-bond acceptors (Lipinski definition) is 2. The van der Waals surface area contributed by atoms with E-state index in [1.54, 1.807) is 13.0 Å². The lowest BCUT2D eigenvalue weighted by Gasteiger charge is -2.04. The third-order valence-electron chi connectivity index (χ3n) is 2.63. The molecule has 0 saturated carbocycles. The van der Waals surface area contributed by atoms with Gasteiger partial charge < -0.3 is 0 Å². The van der Waals surface area contributed by atoms with Crippen molar-refractivity contribution in [3.8, 4) is 0 Å². The van der Waals surface area contributed by atoms with Crippen LogP contribution in [0.15, 0.2) is 22.0 Å². The maximum atomic E-state index is 13.6. The van der Waals surface area contributed by atoms with E-state index >= 15 is 0 Å². The largest absolute Gasteiger partial charge is 0.288 e. The Labute approximate surface area is 116 Å². The molecule has 0 aliphatic carbocycles. The second kappa shape index (κ2) is 4.90. The zero-order chi connectivity index (χ0) is 13.4. The molecule has 18 heavy (non-hydrogen) atoms. The van der Waals surface area contributed by atoms with Gasteiger partial charge in [0.2, 0.25) is 0 Å². The lowest BCUT2D eigenvalue weighted by atomic mass is 10.0. The summed E-state index contributed by atoms with van der Waals surface area (Å²) in [6.45, 7) is 3.29. The fraction of sp³-hybridized carbons (Fsp3) is 0.154.